The summed E-state index contributed by atoms with van der Waals surface area (Å²) < 4.78 is 4.61. The molecule has 0 bridgehead atoms. The zero-order chi connectivity index (χ0) is 11.8. The predicted octanol–water partition coefficient (Wildman–Crippen LogP) is 1.60. The number of hydrogen-bond acceptors (Lipinski definition) is 3. The van der Waals surface area contributed by atoms with Crippen LogP contribution in [0.5, 0.6) is 0 Å². The van der Waals surface area contributed by atoms with Crippen LogP contribution in [0.1, 0.15) is 12.5 Å². The molecule has 1 aliphatic heterocycles. The minimum absolute atomic E-state index is 0.467. The topological polar surface area (TPSA) is 46.6 Å². The molecule has 0 saturated carbocycles. The quantitative estimate of drug-likeness (QED) is 0.560. The summed E-state index contributed by atoms with van der Waals surface area (Å²) in [6.45, 7) is 1.72. The first-order valence-electron chi connectivity index (χ1n) is 5.08. The Hall–Kier alpha value is -1.84. The van der Waals surface area contributed by atoms with Crippen molar-refractivity contribution in [2.45, 2.75) is 18.9 Å². The van der Waals surface area contributed by atoms with Gasteiger partial charge in [-0.1, -0.05) is 30.3 Å². The molecule has 1 atom stereocenters. The van der Waals surface area contributed by atoms with Crippen molar-refractivity contribution in [3.63, 3.8) is 0 Å². The highest BCUT2D eigenvalue weighted by atomic mass is 16.6. The standard InChI is InChI=1S/C12H13NO3/c1-12(8-9-6-4-3-5-7-9)10(14)16-11(15)13(12)2/h3-7H,8H2,1-2H3. The molecule has 16 heavy (non-hydrogen) atoms. The third-order valence-corrected chi connectivity index (χ3v) is 3.03. The van der Waals surface area contributed by atoms with Gasteiger partial charge in [-0.2, -0.15) is 0 Å². The van der Waals surface area contributed by atoms with Crippen molar-refractivity contribution < 1.29 is 14.3 Å². The molecule has 4 heteroatoms. The van der Waals surface area contributed by atoms with Gasteiger partial charge in [-0.15, -0.1) is 0 Å². The van der Waals surface area contributed by atoms with Crippen LogP contribution >= 0.6 is 0 Å². The van der Waals surface area contributed by atoms with E-state index in [1.54, 1.807) is 14.0 Å². The number of ether oxygens (including phenoxy) is 1. The summed E-state index contributed by atoms with van der Waals surface area (Å²) in [5.74, 6) is -0.483. The molecule has 1 fully saturated rings. The SMILES string of the molecule is CN1C(=O)OC(=O)C1(C)Cc1ccccc1. The van der Waals surface area contributed by atoms with Gasteiger partial charge in [0.2, 0.25) is 0 Å². The van der Waals surface area contributed by atoms with E-state index in [1.165, 1.54) is 4.90 Å². The summed E-state index contributed by atoms with van der Waals surface area (Å²) in [4.78, 5) is 24.3. The average Bonchev–Trinajstić information content (AvgIpc) is 2.45. The van der Waals surface area contributed by atoms with Gasteiger partial charge < -0.3 is 4.74 Å². The van der Waals surface area contributed by atoms with Crippen molar-refractivity contribution in [3.8, 4) is 0 Å². The molecule has 1 aromatic carbocycles. The summed E-state index contributed by atoms with van der Waals surface area (Å²) in [6.07, 6.45) is -0.113. The van der Waals surface area contributed by atoms with Crippen LogP contribution in [0.25, 0.3) is 0 Å². The second-order valence-electron chi connectivity index (χ2n) is 4.15. The van der Waals surface area contributed by atoms with Crippen molar-refractivity contribution in [1.29, 1.82) is 0 Å². The minimum atomic E-state index is -0.890. The maximum atomic E-state index is 11.6. The van der Waals surface area contributed by atoms with Crippen LogP contribution in [0.2, 0.25) is 0 Å². The number of benzene rings is 1. The second kappa shape index (κ2) is 3.63. The lowest BCUT2D eigenvalue weighted by molar-refractivity contribution is -0.139. The van der Waals surface area contributed by atoms with Crippen molar-refractivity contribution in [2.24, 2.45) is 0 Å². The molecule has 0 spiro atoms. The lowest BCUT2D eigenvalue weighted by atomic mass is 9.92. The molecule has 1 saturated heterocycles. The van der Waals surface area contributed by atoms with Crippen LogP contribution in [-0.2, 0) is 16.0 Å². The highest BCUT2D eigenvalue weighted by Crippen LogP contribution is 2.27. The fourth-order valence-corrected chi connectivity index (χ4v) is 1.78. The molecule has 1 unspecified atom stereocenters. The van der Waals surface area contributed by atoms with E-state index in [2.05, 4.69) is 4.74 Å². The number of esters is 1. The largest absolute Gasteiger partial charge is 0.418 e. The highest BCUT2D eigenvalue weighted by Gasteiger charge is 2.49. The van der Waals surface area contributed by atoms with E-state index in [1.807, 2.05) is 30.3 Å². The molecule has 2 rings (SSSR count). The summed E-state index contributed by atoms with van der Waals surface area (Å²) in [5.41, 5.74) is 0.113. The Morgan fingerprint density at radius 1 is 1.25 bits per heavy atom. The van der Waals surface area contributed by atoms with Gasteiger partial charge in [0.25, 0.3) is 0 Å². The monoisotopic (exact) mass is 219 g/mol. The Kier molecular flexibility index (Phi) is 2.42. The number of rotatable bonds is 2. The van der Waals surface area contributed by atoms with E-state index in [4.69, 9.17) is 0 Å². The second-order valence-corrected chi connectivity index (χ2v) is 4.15. The maximum Gasteiger partial charge on any atom is 0.418 e. The number of carbonyl (C=O) groups is 2. The van der Waals surface area contributed by atoms with Gasteiger partial charge in [-0.3, -0.25) is 4.90 Å². The number of carbonyl (C=O) groups excluding carboxylic acids is 2. The zero-order valence-electron chi connectivity index (χ0n) is 9.27. The molecule has 4 nitrogen and oxygen atoms in total. The first-order chi connectivity index (χ1) is 7.54. The zero-order valence-corrected chi connectivity index (χ0v) is 9.27. The number of cyclic esters (lactones) is 2. The Labute approximate surface area is 93.8 Å². The van der Waals surface area contributed by atoms with E-state index in [0.29, 0.717) is 6.42 Å². The Morgan fingerprint density at radius 3 is 2.38 bits per heavy atom. The van der Waals surface area contributed by atoms with Gasteiger partial charge in [0.1, 0.15) is 5.54 Å². The molecular formula is C12H13NO3. The van der Waals surface area contributed by atoms with Crippen molar-refractivity contribution in [2.75, 3.05) is 7.05 Å². The molecule has 0 aromatic heterocycles. The first kappa shape index (κ1) is 10.7. The van der Waals surface area contributed by atoms with Crippen LogP contribution in [0.15, 0.2) is 30.3 Å². The molecule has 0 radical (unpaired) electrons. The maximum absolute atomic E-state index is 11.6. The molecule has 1 amide bonds. The van der Waals surface area contributed by atoms with Gasteiger partial charge in [0.15, 0.2) is 0 Å². The van der Waals surface area contributed by atoms with Crippen molar-refractivity contribution in [3.05, 3.63) is 35.9 Å². The fourth-order valence-electron chi connectivity index (χ4n) is 1.78. The lowest BCUT2D eigenvalue weighted by Gasteiger charge is -2.26. The molecule has 1 heterocycles. The Balaban J connectivity index is 2.26. The van der Waals surface area contributed by atoms with E-state index >= 15 is 0 Å². The van der Waals surface area contributed by atoms with Crippen LogP contribution in [0.4, 0.5) is 4.79 Å². The Morgan fingerprint density at radius 2 is 1.88 bits per heavy atom. The van der Waals surface area contributed by atoms with Gasteiger partial charge in [-0.05, 0) is 12.5 Å². The van der Waals surface area contributed by atoms with Crippen LogP contribution < -0.4 is 0 Å². The number of amides is 1. The summed E-state index contributed by atoms with van der Waals surface area (Å²) in [7, 11) is 1.58. The molecule has 0 aliphatic carbocycles. The third kappa shape index (κ3) is 1.56. The normalized spacial score (nSPS) is 24.8. The number of likely N-dealkylation sites (N-methyl/N-ethyl adjacent to an activating group) is 1. The average molecular weight is 219 g/mol. The molecule has 84 valence electrons. The highest BCUT2D eigenvalue weighted by molar-refractivity contribution is 5.98. The van der Waals surface area contributed by atoms with Gasteiger partial charge in [0.05, 0.1) is 0 Å². The lowest BCUT2D eigenvalue weighted by Crippen LogP contribution is -2.46. The fraction of sp³-hybridized carbons (Fsp3) is 0.333. The van der Waals surface area contributed by atoms with Crippen LogP contribution in [0.3, 0.4) is 0 Å². The van der Waals surface area contributed by atoms with Crippen molar-refractivity contribution >= 4 is 12.1 Å². The molecule has 1 aliphatic rings. The van der Waals surface area contributed by atoms with Crippen LogP contribution in [-0.4, -0.2) is 29.5 Å². The van der Waals surface area contributed by atoms with Gasteiger partial charge in [-0.25, -0.2) is 9.59 Å². The Bertz CT molecular complexity index is 429. The van der Waals surface area contributed by atoms with E-state index in [0.717, 1.165) is 5.56 Å². The number of nitrogens with zero attached hydrogens (tertiary/aromatic N) is 1. The van der Waals surface area contributed by atoms with Gasteiger partial charge >= 0.3 is 12.1 Å². The summed E-state index contributed by atoms with van der Waals surface area (Å²) in [5, 5.41) is 0. The number of hydrogen-bond donors (Lipinski definition) is 0. The summed E-state index contributed by atoms with van der Waals surface area (Å²) >= 11 is 0. The molecule has 1 aromatic rings. The van der Waals surface area contributed by atoms with Gasteiger partial charge in [0, 0.05) is 13.5 Å². The van der Waals surface area contributed by atoms with E-state index in [9.17, 15) is 9.59 Å². The minimum Gasteiger partial charge on any atom is -0.374 e. The first-order valence-corrected chi connectivity index (χ1v) is 5.08. The van der Waals surface area contributed by atoms with E-state index in [-0.39, 0.29) is 0 Å². The molecule has 0 N–H and O–H groups in total. The van der Waals surface area contributed by atoms with E-state index < -0.39 is 17.6 Å². The predicted molar refractivity (Wildman–Crippen MR) is 57.8 cm³/mol. The molecular weight excluding hydrogens is 206 g/mol. The van der Waals surface area contributed by atoms with Crippen molar-refractivity contribution in [1.82, 2.24) is 4.90 Å². The van der Waals surface area contributed by atoms with Crippen LogP contribution in [0, 0.1) is 0 Å². The smallest absolute Gasteiger partial charge is 0.374 e. The summed E-state index contributed by atoms with van der Waals surface area (Å²) in [6, 6.07) is 9.57. The third-order valence-electron chi connectivity index (χ3n) is 3.03.